The smallest absolute Gasteiger partial charge is 0.338 e. The van der Waals surface area contributed by atoms with Crippen LogP contribution in [0.2, 0.25) is 0 Å². The Balaban J connectivity index is 1.59. The average Bonchev–Trinajstić information content (AvgIpc) is 2.82. The van der Waals surface area contributed by atoms with E-state index in [1.54, 1.807) is 48.5 Å². The van der Waals surface area contributed by atoms with Crippen molar-refractivity contribution in [3.8, 4) is 5.75 Å². The maximum absolute atomic E-state index is 12.7. The lowest BCUT2D eigenvalue weighted by atomic mass is 10.2. The highest BCUT2D eigenvalue weighted by molar-refractivity contribution is 5.97. The Bertz CT molecular complexity index is 1050. The standard InChI is InChI=1S/C25H24N2O5/c26-23(28)14-15-27(21-11-5-2-6-12-21)24(29)18-32-25(30)20-10-7-13-22(16-20)31-17-19-8-3-1-4-9-19/h1-13,16H,14-15,17-18H2,(H2,26,28). The molecule has 0 saturated heterocycles. The zero-order chi connectivity index (χ0) is 22.8. The van der Waals surface area contributed by atoms with Crippen LogP contribution in [0, 0.1) is 0 Å². The number of anilines is 1. The Morgan fingerprint density at radius 2 is 1.53 bits per heavy atom. The van der Waals surface area contributed by atoms with Gasteiger partial charge in [-0.15, -0.1) is 0 Å². The van der Waals surface area contributed by atoms with Gasteiger partial charge in [-0.05, 0) is 35.9 Å². The molecule has 0 unspecified atom stereocenters. The van der Waals surface area contributed by atoms with E-state index in [0.29, 0.717) is 18.0 Å². The summed E-state index contributed by atoms with van der Waals surface area (Å²) in [6.45, 7) is -0.0101. The van der Waals surface area contributed by atoms with Gasteiger partial charge >= 0.3 is 5.97 Å². The number of benzene rings is 3. The number of carbonyl (C=O) groups excluding carboxylic acids is 3. The Labute approximate surface area is 186 Å². The van der Waals surface area contributed by atoms with Gasteiger partial charge in [-0.1, -0.05) is 54.6 Å². The molecule has 2 amide bonds. The normalized spacial score (nSPS) is 10.2. The SMILES string of the molecule is NC(=O)CCN(C(=O)COC(=O)c1cccc(OCc2ccccc2)c1)c1ccccc1. The van der Waals surface area contributed by atoms with Crippen LogP contribution in [0.5, 0.6) is 5.75 Å². The molecule has 3 rings (SSSR count). The lowest BCUT2D eigenvalue weighted by Crippen LogP contribution is -2.37. The van der Waals surface area contributed by atoms with Gasteiger partial charge in [-0.2, -0.15) is 0 Å². The third kappa shape index (κ3) is 6.70. The summed E-state index contributed by atoms with van der Waals surface area (Å²) in [4.78, 5) is 37.7. The molecule has 0 heterocycles. The van der Waals surface area contributed by atoms with Crippen molar-refractivity contribution in [3.63, 3.8) is 0 Å². The van der Waals surface area contributed by atoms with Crippen LogP contribution in [-0.2, 0) is 20.9 Å². The molecule has 7 nitrogen and oxygen atoms in total. The van der Waals surface area contributed by atoms with E-state index in [2.05, 4.69) is 0 Å². The van der Waals surface area contributed by atoms with Crippen LogP contribution < -0.4 is 15.4 Å². The van der Waals surface area contributed by atoms with Gasteiger partial charge in [0.25, 0.3) is 5.91 Å². The van der Waals surface area contributed by atoms with Gasteiger partial charge in [0.15, 0.2) is 6.61 Å². The van der Waals surface area contributed by atoms with Crippen molar-refractivity contribution in [1.29, 1.82) is 0 Å². The molecule has 0 bridgehead atoms. The third-order valence-corrected chi connectivity index (χ3v) is 4.60. The Morgan fingerprint density at radius 3 is 2.22 bits per heavy atom. The van der Waals surface area contributed by atoms with Crippen molar-refractivity contribution in [2.45, 2.75) is 13.0 Å². The van der Waals surface area contributed by atoms with Crippen LogP contribution in [0.15, 0.2) is 84.9 Å². The molecule has 3 aromatic rings. The Hall–Kier alpha value is -4.13. The fourth-order valence-electron chi connectivity index (χ4n) is 2.97. The molecule has 3 aromatic carbocycles. The molecule has 32 heavy (non-hydrogen) atoms. The van der Waals surface area contributed by atoms with Crippen LogP contribution in [0.4, 0.5) is 5.69 Å². The molecular weight excluding hydrogens is 408 g/mol. The highest BCUT2D eigenvalue weighted by atomic mass is 16.5. The molecule has 0 aliphatic heterocycles. The second-order valence-electron chi connectivity index (χ2n) is 6.98. The summed E-state index contributed by atoms with van der Waals surface area (Å²) >= 11 is 0. The topological polar surface area (TPSA) is 98.9 Å². The number of hydrogen-bond donors (Lipinski definition) is 1. The Morgan fingerprint density at radius 1 is 0.844 bits per heavy atom. The van der Waals surface area contributed by atoms with Gasteiger partial charge in [0.2, 0.25) is 5.91 Å². The minimum atomic E-state index is -0.647. The van der Waals surface area contributed by atoms with Gasteiger partial charge in [0, 0.05) is 18.7 Å². The van der Waals surface area contributed by atoms with E-state index >= 15 is 0 Å². The number of amides is 2. The quantitative estimate of drug-likeness (QED) is 0.496. The van der Waals surface area contributed by atoms with Crippen molar-refractivity contribution in [2.75, 3.05) is 18.1 Å². The van der Waals surface area contributed by atoms with E-state index in [4.69, 9.17) is 15.2 Å². The molecular formula is C25H24N2O5. The van der Waals surface area contributed by atoms with Gasteiger partial charge < -0.3 is 20.1 Å². The van der Waals surface area contributed by atoms with Gasteiger partial charge in [-0.25, -0.2) is 4.79 Å². The third-order valence-electron chi connectivity index (χ3n) is 4.60. The van der Waals surface area contributed by atoms with Crippen molar-refractivity contribution >= 4 is 23.5 Å². The largest absolute Gasteiger partial charge is 0.489 e. The van der Waals surface area contributed by atoms with Gasteiger partial charge in [-0.3, -0.25) is 9.59 Å². The monoisotopic (exact) mass is 432 g/mol. The summed E-state index contributed by atoms with van der Waals surface area (Å²) in [5.41, 5.74) is 7.08. The van der Waals surface area contributed by atoms with E-state index in [-0.39, 0.29) is 18.5 Å². The predicted octanol–water partition coefficient (Wildman–Crippen LogP) is 3.33. The van der Waals surface area contributed by atoms with E-state index < -0.39 is 24.4 Å². The number of esters is 1. The van der Waals surface area contributed by atoms with E-state index in [0.717, 1.165) is 5.56 Å². The molecule has 0 atom stereocenters. The molecule has 0 saturated carbocycles. The number of nitrogens with two attached hydrogens (primary N) is 1. The average molecular weight is 432 g/mol. The maximum Gasteiger partial charge on any atom is 0.338 e. The van der Waals surface area contributed by atoms with Gasteiger partial charge in [0.05, 0.1) is 5.56 Å². The number of ether oxygens (including phenoxy) is 2. The number of carbonyl (C=O) groups is 3. The minimum Gasteiger partial charge on any atom is -0.489 e. The first-order valence-electron chi connectivity index (χ1n) is 10.1. The summed E-state index contributed by atoms with van der Waals surface area (Å²) in [7, 11) is 0. The molecule has 0 aliphatic carbocycles. The summed E-state index contributed by atoms with van der Waals surface area (Å²) < 4.78 is 10.9. The molecule has 2 N–H and O–H groups in total. The van der Waals surface area contributed by atoms with Crippen LogP contribution in [-0.4, -0.2) is 30.9 Å². The Kier molecular flexibility index (Phi) is 7.97. The molecule has 7 heteroatoms. The van der Waals surface area contributed by atoms with E-state index in [1.807, 2.05) is 36.4 Å². The second-order valence-corrected chi connectivity index (χ2v) is 6.98. The van der Waals surface area contributed by atoms with Crippen molar-refractivity contribution in [3.05, 3.63) is 96.1 Å². The van der Waals surface area contributed by atoms with Crippen molar-refractivity contribution in [1.82, 2.24) is 0 Å². The maximum atomic E-state index is 12.7. The zero-order valence-electron chi connectivity index (χ0n) is 17.5. The zero-order valence-corrected chi connectivity index (χ0v) is 17.5. The molecule has 0 radical (unpaired) electrons. The number of rotatable bonds is 10. The van der Waals surface area contributed by atoms with Crippen LogP contribution in [0.25, 0.3) is 0 Å². The summed E-state index contributed by atoms with van der Waals surface area (Å²) in [6, 6.07) is 25.1. The van der Waals surface area contributed by atoms with Crippen molar-refractivity contribution < 1.29 is 23.9 Å². The molecule has 0 spiro atoms. The molecule has 164 valence electrons. The molecule has 0 aliphatic rings. The highest BCUT2D eigenvalue weighted by Gasteiger charge is 2.19. The number of para-hydroxylation sites is 1. The summed E-state index contributed by atoms with van der Waals surface area (Å²) in [5, 5.41) is 0. The number of primary amides is 1. The van der Waals surface area contributed by atoms with Crippen molar-refractivity contribution in [2.24, 2.45) is 5.73 Å². The first-order valence-corrected chi connectivity index (χ1v) is 10.1. The summed E-state index contributed by atoms with van der Waals surface area (Å²) in [6.07, 6.45) is -0.00458. The lowest BCUT2D eigenvalue weighted by molar-refractivity contribution is -0.121. The number of nitrogens with zero attached hydrogens (tertiary/aromatic N) is 1. The summed E-state index contributed by atoms with van der Waals surface area (Å²) in [5.74, 6) is -1.11. The first kappa shape index (κ1) is 22.6. The molecule has 0 aromatic heterocycles. The molecule has 0 fully saturated rings. The first-order chi connectivity index (χ1) is 15.5. The van der Waals surface area contributed by atoms with E-state index in [9.17, 15) is 14.4 Å². The van der Waals surface area contributed by atoms with Crippen LogP contribution in [0.1, 0.15) is 22.3 Å². The minimum absolute atomic E-state index is 0.00458. The fraction of sp³-hybridized carbons (Fsp3) is 0.160. The van der Waals surface area contributed by atoms with Crippen LogP contribution >= 0.6 is 0 Å². The number of hydrogen-bond acceptors (Lipinski definition) is 5. The van der Waals surface area contributed by atoms with E-state index in [1.165, 1.54) is 4.90 Å². The highest BCUT2D eigenvalue weighted by Crippen LogP contribution is 2.17. The second kappa shape index (κ2) is 11.3. The van der Waals surface area contributed by atoms with Gasteiger partial charge in [0.1, 0.15) is 12.4 Å². The predicted molar refractivity (Wildman–Crippen MR) is 120 cm³/mol. The fourth-order valence-corrected chi connectivity index (χ4v) is 2.97. The van der Waals surface area contributed by atoms with Crippen LogP contribution in [0.3, 0.4) is 0 Å². The lowest BCUT2D eigenvalue weighted by Gasteiger charge is -2.22.